The molecule has 3 aromatic carbocycles. The molecule has 6 heteroatoms. The van der Waals surface area contributed by atoms with Gasteiger partial charge >= 0.3 is 0 Å². The molecule has 2 atom stereocenters. The van der Waals surface area contributed by atoms with Crippen LogP contribution in [0, 0.1) is 5.92 Å². The summed E-state index contributed by atoms with van der Waals surface area (Å²) in [6.45, 7) is 13.6. The second kappa shape index (κ2) is 14.2. The van der Waals surface area contributed by atoms with Gasteiger partial charge in [0.15, 0.2) is 8.32 Å². The fourth-order valence-corrected chi connectivity index (χ4v) is 6.04. The summed E-state index contributed by atoms with van der Waals surface area (Å²) in [5.74, 6) is -0.120. The van der Waals surface area contributed by atoms with Gasteiger partial charge in [0.1, 0.15) is 5.60 Å². The second-order valence-electron chi connectivity index (χ2n) is 12.1. The smallest absolute Gasteiger partial charge is 0.248 e. The maximum Gasteiger partial charge on any atom is 0.248 e. The van der Waals surface area contributed by atoms with Gasteiger partial charge in [-0.1, -0.05) is 131 Å². The summed E-state index contributed by atoms with van der Waals surface area (Å²) in [6, 6.07) is 31.1. The molecule has 0 fully saturated rings. The Hall–Kier alpha value is -3.03. The molecule has 3 rings (SSSR count). The van der Waals surface area contributed by atoms with E-state index in [4.69, 9.17) is 14.0 Å². The molecule has 5 nitrogen and oxygen atoms in total. The summed E-state index contributed by atoms with van der Waals surface area (Å²) >= 11 is 0. The molecule has 0 saturated carbocycles. The van der Waals surface area contributed by atoms with E-state index < -0.39 is 13.9 Å². The van der Waals surface area contributed by atoms with E-state index in [9.17, 15) is 4.79 Å². The third kappa shape index (κ3) is 8.04. The summed E-state index contributed by atoms with van der Waals surface area (Å²) in [5.41, 5.74) is 2.40. The molecule has 0 heterocycles. The molecule has 0 bridgehead atoms. The van der Waals surface area contributed by atoms with Crippen LogP contribution in [0.3, 0.4) is 0 Å². The van der Waals surface area contributed by atoms with E-state index in [-0.39, 0.29) is 29.4 Å². The molecule has 0 unspecified atom stereocenters. The highest BCUT2D eigenvalue weighted by Crippen LogP contribution is 2.41. The molecular formula is C35H47NO4Si. The number of nitrogens with zero attached hydrogens (tertiary/aromatic N) is 1. The standard InChI is InChI=1S/C35H47NO4Si/c1-28(32(27-33(37)36(5)38-6)40-41(7,8)34(2,3)4)19-18-26-39-35(29-20-12-9-13-21-29,30-22-14-10-15-23-30)31-24-16-11-17-25-31/h9-25,28,32H,26-27H2,1-8H3/b19-18+/t28-,32+/m1/s1. The molecule has 0 aromatic heterocycles. The van der Waals surface area contributed by atoms with E-state index in [0.29, 0.717) is 6.61 Å². The maximum absolute atomic E-state index is 12.8. The lowest BCUT2D eigenvalue weighted by atomic mass is 9.80. The highest BCUT2D eigenvalue weighted by atomic mass is 28.4. The van der Waals surface area contributed by atoms with Gasteiger partial charge in [0.05, 0.1) is 26.2 Å². The van der Waals surface area contributed by atoms with Crippen molar-refractivity contribution < 1.29 is 18.8 Å². The molecular weight excluding hydrogens is 526 g/mol. The third-order valence-corrected chi connectivity index (χ3v) is 12.7. The molecule has 0 N–H and O–H groups in total. The lowest BCUT2D eigenvalue weighted by Crippen LogP contribution is -2.46. The van der Waals surface area contributed by atoms with Crippen LogP contribution in [0.2, 0.25) is 18.1 Å². The largest absolute Gasteiger partial charge is 0.413 e. The van der Waals surface area contributed by atoms with E-state index >= 15 is 0 Å². The minimum Gasteiger partial charge on any atom is -0.413 e. The van der Waals surface area contributed by atoms with Gasteiger partial charge in [0.25, 0.3) is 0 Å². The number of carbonyl (C=O) groups excluding carboxylic acids is 1. The van der Waals surface area contributed by atoms with Crippen LogP contribution in [0.1, 0.15) is 50.8 Å². The first-order valence-electron chi connectivity index (χ1n) is 14.4. The number of amides is 1. The number of hydrogen-bond acceptors (Lipinski definition) is 4. The molecule has 0 aliphatic carbocycles. The molecule has 3 aromatic rings. The van der Waals surface area contributed by atoms with Crippen LogP contribution in [-0.2, 0) is 24.4 Å². The van der Waals surface area contributed by atoms with Gasteiger partial charge in [-0.3, -0.25) is 9.63 Å². The van der Waals surface area contributed by atoms with Crippen molar-refractivity contribution in [2.45, 2.75) is 64.0 Å². The van der Waals surface area contributed by atoms with Crippen LogP contribution in [0.15, 0.2) is 103 Å². The lowest BCUT2D eigenvalue weighted by Gasteiger charge is -2.40. The molecule has 220 valence electrons. The highest BCUT2D eigenvalue weighted by molar-refractivity contribution is 6.74. The van der Waals surface area contributed by atoms with Crippen molar-refractivity contribution >= 4 is 14.2 Å². The van der Waals surface area contributed by atoms with Gasteiger partial charge in [-0.05, 0) is 40.7 Å². The van der Waals surface area contributed by atoms with Crippen molar-refractivity contribution in [2.75, 3.05) is 20.8 Å². The lowest BCUT2D eigenvalue weighted by molar-refractivity contribution is -0.170. The van der Waals surface area contributed by atoms with E-state index in [0.717, 1.165) is 16.7 Å². The summed E-state index contributed by atoms with van der Waals surface area (Å²) in [6.07, 6.45) is 4.13. The van der Waals surface area contributed by atoms with Gasteiger partial charge in [-0.15, -0.1) is 0 Å². The number of benzene rings is 3. The first-order chi connectivity index (χ1) is 19.4. The Bertz CT molecular complexity index is 1140. The van der Waals surface area contributed by atoms with Gasteiger partial charge in [0.2, 0.25) is 5.91 Å². The van der Waals surface area contributed by atoms with Crippen molar-refractivity contribution in [1.29, 1.82) is 0 Å². The topological polar surface area (TPSA) is 48.0 Å². The summed E-state index contributed by atoms with van der Waals surface area (Å²) in [7, 11) is 1.01. The zero-order chi connectivity index (χ0) is 30.1. The van der Waals surface area contributed by atoms with Crippen molar-refractivity contribution in [3.05, 3.63) is 120 Å². The summed E-state index contributed by atoms with van der Waals surface area (Å²) in [4.78, 5) is 18.0. The van der Waals surface area contributed by atoms with Crippen LogP contribution in [0.4, 0.5) is 0 Å². The number of rotatable bonds is 13. The van der Waals surface area contributed by atoms with Crippen LogP contribution in [0.25, 0.3) is 0 Å². The molecule has 0 saturated heterocycles. The van der Waals surface area contributed by atoms with E-state index in [1.165, 1.54) is 12.2 Å². The molecule has 0 spiro atoms. The van der Waals surface area contributed by atoms with Crippen LogP contribution < -0.4 is 0 Å². The third-order valence-electron chi connectivity index (χ3n) is 8.22. The van der Waals surface area contributed by atoms with Crippen molar-refractivity contribution in [2.24, 2.45) is 5.92 Å². The van der Waals surface area contributed by atoms with Crippen LogP contribution in [0.5, 0.6) is 0 Å². The highest BCUT2D eigenvalue weighted by Gasteiger charge is 2.41. The van der Waals surface area contributed by atoms with Gasteiger partial charge in [0, 0.05) is 7.05 Å². The number of ether oxygens (including phenoxy) is 1. The number of hydroxylamine groups is 2. The normalized spacial score (nSPS) is 14.1. The SMILES string of the molecule is CON(C)C(=O)C[C@H](O[Si](C)(C)C(C)(C)C)[C@H](C)/C=C/COC(c1ccccc1)(c1ccccc1)c1ccccc1. The first kappa shape index (κ1) is 32.5. The molecule has 0 aliphatic rings. The second-order valence-corrected chi connectivity index (χ2v) is 16.8. The van der Waals surface area contributed by atoms with Crippen LogP contribution >= 0.6 is 0 Å². The zero-order valence-electron chi connectivity index (χ0n) is 26.0. The average Bonchev–Trinajstić information content (AvgIpc) is 2.97. The Balaban J connectivity index is 1.92. The average molecular weight is 574 g/mol. The Morgan fingerprint density at radius 1 is 0.854 bits per heavy atom. The fourth-order valence-electron chi connectivity index (χ4n) is 4.63. The van der Waals surface area contributed by atoms with E-state index in [2.05, 4.69) is 89.3 Å². The number of hydrogen-bond donors (Lipinski definition) is 0. The minimum atomic E-state index is -2.13. The van der Waals surface area contributed by atoms with E-state index in [1.807, 2.05) is 54.6 Å². The molecule has 41 heavy (non-hydrogen) atoms. The quantitative estimate of drug-likeness (QED) is 0.0900. The monoisotopic (exact) mass is 573 g/mol. The van der Waals surface area contributed by atoms with Crippen molar-refractivity contribution in [3.63, 3.8) is 0 Å². The van der Waals surface area contributed by atoms with Crippen molar-refractivity contribution in [1.82, 2.24) is 5.06 Å². The molecule has 0 radical (unpaired) electrons. The van der Waals surface area contributed by atoms with Gasteiger partial charge in [-0.25, -0.2) is 5.06 Å². The first-order valence-corrected chi connectivity index (χ1v) is 17.3. The molecule has 0 aliphatic heterocycles. The fraction of sp³-hybridized carbons (Fsp3) is 0.400. The van der Waals surface area contributed by atoms with E-state index in [1.54, 1.807) is 7.05 Å². The predicted octanol–water partition coefficient (Wildman–Crippen LogP) is 7.99. The minimum absolute atomic E-state index is 0.0125. The molecule has 1 amide bonds. The van der Waals surface area contributed by atoms with Crippen LogP contribution in [-0.4, -0.2) is 46.2 Å². The zero-order valence-corrected chi connectivity index (χ0v) is 27.0. The Kier molecular flexibility index (Phi) is 11.3. The van der Waals surface area contributed by atoms with Crippen molar-refractivity contribution in [3.8, 4) is 0 Å². The Labute approximate surface area is 248 Å². The number of carbonyl (C=O) groups is 1. The Morgan fingerprint density at radius 3 is 1.68 bits per heavy atom. The maximum atomic E-state index is 12.8. The van der Waals surface area contributed by atoms with Gasteiger partial charge < -0.3 is 9.16 Å². The van der Waals surface area contributed by atoms with Gasteiger partial charge in [-0.2, -0.15) is 0 Å². The predicted molar refractivity (Wildman–Crippen MR) is 170 cm³/mol. The summed E-state index contributed by atoms with van der Waals surface area (Å²) in [5, 5.41) is 1.30. The summed E-state index contributed by atoms with van der Waals surface area (Å²) < 4.78 is 13.7. The Morgan fingerprint density at radius 2 is 1.29 bits per heavy atom.